The number of benzene rings is 1. The van der Waals surface area contributed by atoms with E-state index in [4.69, 9.17) is 0 Å². The topological polar surface area (TPSA) is 20.3 Å². The number of nitrogens with zero attached hydrogens (tertiary/aromatic N) is 1. The molecule has 0 fully saturated rings. The molecule has 0 saturated heterocycles. The van der Waals surface area contributed by atoms with Crippen LogP contribution in [0.25, 0.3) is 0 Å². The van der Waals surface area contributed by atoms with Gasteiger partial charge in [0.25, 0.3) is 0 Å². The van der Waals surface area contributed by atoms with E-state index in [0.29, 0.717) is 6.24 Å². The van der Waals surface area contributed by atoms with Gasteiger partial charge in [0.2, 0.25) is 5.91 Å². The number of carbonyl (C=O) groups is 1. The predicted octanol–water partition coefficient (Wildman–Crippen LogP) is 3.37. The van der Waals surface area contributed by atoms with E-state index < -0.39 is 0 Å². The van der Waals surface area contributed by atoms with Crippen molar-refractivity contribution in [3.05, 3.63) is 35.9 Å². The number of carbonyl (C=O) groups excluding carboxylic acids is 1. The Hall–Kier alpha value is -0.765. The summed E-state index contributed by atoms with van der Waals surface area (Å²) in [4.78, 5) is 14.0. The van der Waals surface area contributed by atoms with Gasteiger partial charge in [0, 0.05) is 12.1 Å². The summed E-state index contributed by atoms with van der Waals surface area (Å²) in [6.45, 7) is 3.02. The average Bonchev–Trinajstić information content (AvgIpc) is 2.39. The summed E-state index contributed by atoms with van der Waals surface area (Å²) in [5.41, 5.74) is 0.766. The van der Waals surface area contributed by atoms with Crippen LogP contribution in [0.2, 0.25) is 0 Å². The van der Waals surface area contributed by atoms with Crippen molar-refractivity contribution in [1.29, 1.82) is 0 Å². The maximum atomic E-state index is 12.1. The van der Waals surface area contributed by atoms with Crippen LogP contribution in [0.4, 0.5) is 0 Å². The fourth-order valence-electron chi connectivity index (χ4n) is 1.71. The van der Waals surface area contributed by atoms with E-state index in [1.165, 1.54) is 19.3 Å². The summed E-state index contributed by atoms with van der Waals surface area (Å²) in [6.07, 6.45) is 5.35. The van der Waals surface area contributed by atoms with Crippen molar-refractivity contribution in [3.63, 3.8) is 0 Å². The molecule has 92 valence electrons. The molecule has 0 atom stereocenters. The molecule has 1 aromatic rings. The second-order valence-electron chi connectivity index (χ2n) is 4.11. The van der Waals surface area contributed by atoms with Gasteiger partial charge < -0.3 is 4.81 Å². The Kier molecular flexibility index (Phi) is 7.02. The molecule has 0 saturated carbocycles. The number of unbranched alkanes of at least 4 members (excludes halogenated alkanes) is 3. The first kappa shape index (κ1) is 14.3. The average molecular weight is 296 g/mol. The van der Waals surface area contributed by atoms with Gasteiger partial charge in [-0.05, 0) is 18.6 Å². The van der Waals surface area contributed by atoms with Gasteiger partial charge in [-0.2, -0.15) is 0 Å². The minimum absolute atomic E-state index is 0.110. The third-order valence-electron chi connectivity index (χ3n) is 2.73. The molecule has 0 N–H and O–H groups in total. The molecule has 0 aliphatic rings. The molecule has 1 aromatic carbocycles. The van der Waals surface area contributed by atoms with Crippen molar-refractivity contribution in [2.24, 2.45) is 0 Å². The lowest BCUT2D eigenvalue weighted by molar-refractivity contribution is 0.0860. The van der Waals surface area contributed by atoms with Crippen LogP contribution in [0.15, 0.2) is 30.3 Å². The van der Waals surface area contributed by atoms with E-state index in [-0.39, 0.29) is 5.91 Å². The Labute approximate surface area is 113 Å². The summed E-state index contributed by atoms with van der Waals surface area (Å²) >= 11 is 3.39. The third-order valence-corrected chi connectivity index (χ3v) is 3.34. The zero-order valence-corrected chi connectivity index (χ0v) is 11.9. The second-order valence-corrected chi connectivity index (χ2v) is 4.62. The molecule has 2 nitrogen and oxygen atoms in total. The Balaban J connectivity index is 2.47. The minimum Gasteiger partial charge on any atom is -0.375 e. The Morgan fingerprint density at radius 1 is 1.24 bits per heavy atom. The molecular formula is C13H19BBrNO. The van der Waals surface area contributed by atoms with Crippen molar-refractivity contribution in [3.8, 4) is 0 Å². The number of halogens is 1. The van der Waals surface area contributed by atoms with Crippen molar-refractivity contribution in [1.82, 2.24) is 4.81 Å². The molecule has 0 radical (unpaired) electrons. The highest BCUT2D eigenvalue weighted by molar-refractivity contribution is 9.23. The van der Waals surface area contributed by atoms with Gasteiger partial charge in [-0.3, -0.25) is 4.79 Å². The molecule has 4 heteroatoms. The molecule has 0 heterocycles. The zero-order valence-electron chi connectivity index (χ0n) is 10.4. The molecule has 0 aliphatic heterocycles. The summed E-state index contributed by atoms with van der Waals surface area (Å²) in [5, 5.41) is 0. The number of rotatable bonds is 7. The second kappa shape index (κ2) is 8.34. The van der Waals surface area contributed by atoms with Crippen LogP contribution >= 0.6 is 15.8 Å². The number of amides is 1. The summed E-state index contributed by atoms with van der Waals surface area (Å²) < 4.78 is 0. The van der Waals surface area contributed by atoms with Crippen molar-refractivity contribution >= 4 is 27.9 Å². The molecule has 0 aromatic heterocycles. The van der Waals surface area contributed by atoms with Gasteiger partial charge in [0.15, 0.2) is 0 Å². The first-order valence-electron chi connectivity index (χ1n) is 6.20. The highest BCUT2D eigenvalue weighted by atomic mass is 79.9. The Morgan fingerprint density at radius 3 is 2.53 bits per heavy atom. The minimum atomic E-state index is 0.110. The van der Waals surface area contributed by atoms with E-state index >= 15 is 0 Å². The summed E-state index contributed by atoms with van der Waals surface area (Å²) in [6, 6.07) is 9.46. The first-order chi connectivity index (χ1) is 8.29. The van der Waals surface area contributed by atoms with Crippen LogP contribution in [-0.2, 0) is 0 Å². The van der Waals surface area contributed by atoms with Gasteiger partial charge in [-0.25, -0.2) is 0 Å². The molecule has 0 bridgehead atoms. The SMILES string of the molecule is CCCCCCN(BBr)C(=O)c1ccccc1. The van der Waals surface area contributed by atoms with E-state index in [0.717, 1.165) is 18.5 Å². The van der Waals surface area contributed by atoms with Crippen LogP contribution in [-0.4, -0.2) is 23.5 Å². The van der Waals surface area contributed by atoms with Crippen LogP contribution in [0.3, 0.4) is 0 Å². The fourth-order valence-corrected chi connectivity index (χ4v) is 2.19. The Morgan fingerprint density at radius 2 is 1.94 bits per heavy atom. The van der Waals surface area contributed by atoms with Crippen molar-refractivity contribution < 1.29 is 4.79 Å². The quantitative estimate of drug-likeness (QED) is 0.558. The lowest BCUT2D eigenvalue weighted by atomic mass is 10.1. The monoisotopic (exact) mass is 295 g/mol. The number of hydrogen-bond donors (Lipinski definition) is 0. The van der Waals surface area contributed by atoms with Gasteiger partial charge in [-0.15, -0.1) is 15.8 Å². The van der Waals surface area contributed by atoms with Crippen molar-refractivity contribution in [2.75, 3.05) is 6.54 Å². The van der Waals surface area contributed by atoms with E-state index in [9.17, 15) is 4.79 Å². The largest absolute Gasteiger partial charge is 0.375 e. The van der Waals surface area contributed by atoms with Gasteiger partial charge in [-0.1, -0.05) is 44.4 Å². The first-order valence-corrected chi connectivity index (χ1v) is 7.32. The van der Waals surface area contributed by atoms with Crippen LogP contribution in [0.1, 0.15) is 43.0 Å². The normalized spacial score (nSPS) is 10.0. The van der Waals surface area contributed by atoms with Gasteiger partial charge in [0.1, 0.15) is 0 Å². The number of hydrogen-bond acceptors (Lipinski definition) is 1. The molecule has 0 aliphatic carbocycles. The van der Waals surface area contributed by atoms with E-state index in [1.807, 2.05) is 35.1 Å². The lowest BCUT2D eigenvalue weighted by Crippen LogP contribution is -2.32. The van der Waals surface area contributed by atoms with Crippen LogP contribution in [0, 0.1) is 0 Å². The van der Waals surface area contributed by atoms with E-state index in [2.05, 4.69) is 22.7 Å². The maximum Gasteiger partial charge on any atom is 0.317 e. The predicted molar refractivity (Wildman–Crippen MR) is 77.7 cm³/mol. The smallest absolute Gasteiger partial charge is 0.317 e. The summed E-state index contributed by atoms with van der Waals surface area (Å²) in [7, 11) is 0. The third kappa shape index (κ3) is 4.94. The van der Waals surface area contributed by atoms with Gasteiger partial charge >= 0.3 is 6.24 Å². The zero-order chi connectivity index (χ0) is 12.5. The van der Waals surface area contributed by atoms with Crippen LogP contribution in [0.5, 0.6) is 0 Å². The molecular weight excluding hydrogens is 277 g/mol. The lowest BCUT2D eigenvalue weighted by Gasteiger charge is -2.19. The van der Waals surface area contributed by atoms with E-state index in [1.54, 1.807) is 0 Å². The maximum absolute atomic E-state index is 12.1. The van der Waals surface area contributed by atoms with Crippen LogP contribution < -0.4 is 0 Å². The Bertz CT molecular complexity index is 331. The highest BCUT2D eigenvalue weighted by Gasteiger charge is 2.13. The molecule has 1 rings (SSSR count). The molecule has 17 heavy (non-hydrogen) atoms. The standard InChI is InChI=1S/C13H19BBrNO/c1-2-3-4-8-11-16(14-15)13(17)12-9-6-5-7-10-12/h5-7,9-10,14H,2-4,8,11H2,1H3. The van der Waals surface area contributed by atoms with Gasteiger partial charge in [0.05, 0.1) is 0 Å². The molecule has 0 spiro atoms. The highest BCUT2D eigenvalue weighted by Crippen LogP contribution is 2.08. The summed E-state index contributed by atoms with van der Waals surface area (Å²) in [5.74, 6) is 0.110. The van der Waals surface area contributed by atoms with Crippen molar-refractivity contribution in [2.45, 2.75) is 32.6 Å². The fraction of sp³-hybridized carbons (Fsp3) is 0.462. The molecule has 0 unspecified atom stereocenters. The molecule has 1 amide bonds.